The van der Waals surface area contributed by atoms with Crippen LogP contribution in [0.1, 0.15) is 163 Å². The number of hydrogen-bond acceptors (Lipinski definition) is 20. The Morgan fingerprint density at radius 1 is 0.718 bits per heavy atom. The van der Waals surface area contributed by atoms with E-state index in [1.54, 1.807) is 58.9 Å². The maximum atomic E-state index is 15.4. The maximum Gasteiger partial charge on any atom is 0.303 e. The number of phenolic OH excluding ortho intramolecular Hbond substituents is 3. The molecule has 2 aliphatic heterocycles. The van der Waals surface area contributed by atoms with Gasteiger partial charge in [0.25, 0.3) is 0 Å². The molecule has 0 spiro atoms. The summed E-state index contributed by atoms with van der Waals surface area (Å²) in [6.45, 7) is 16.6. The first-order valence-corrected chi connectivity index (χ1v) is 38.0. The summed E-state index contributed by atoms with van der Waals surface area (Å²) in [4.78, 5) is 187. The van der Waals surface area contributed by atoms with Crippen molar-refractivity contribution in [3.8, 4) is 17.2 Å². The van der Waals surface area contributed by atoms with Gasteiger partial charge < -0.3 is 62.8 Å². The molecule has 12 atom stereocenters. The van der Waals surface area contributed by atoms with Crippen molar-refractivity contribution in [1.29, 1.82) is 0 Å². The number of carbonyl (C=O) groups excluding carboxylic acids is 12. The second-order valence-corrected chi connectivity index (χ2v) is 32.9. The molecule has 28 heteroatoms. The quantitative estimate of drug-likeness (QED) is 0.0292. The molecule has 2 fully saturated rings. The summed E-state index contributed by atoms with van der Waals surface area (Å²) in [5.41, 5.74) is 5.46. The molecular formula is C75H104ClN7O18S2. The van der Waals surface area contributed by atoms with E-state index in [1.165, 1.54) is 42.5 Å². The summed E-state index contributed by atoms with van der Waals surface area (Å²) in [5.74, 6) is -17.1. The summed E-state index contributed by atoms with van der Waals surface area (Å²) >= 11 is 6.29. The average molecular weight is 1490 g/mol. The summed E-state index contributed by atoms with van der Waals surface area (Å²) in [7, 11) is 1.90. The van der Waals surface area contributed by atoms with E-state index in [1.807, 2.05) is 34.6 Å². The number of rotatable bonds is 31. The van der Waals surface area contributed by atoms with Crippen molar-refractivity contribution in [2.45, 2.75) is 207 Å². The van der Waals surface area contributed by atoms with Crippen LogP contribution in [0.3, 0.4) is 0 Å². The molecule has 2 heterocycles. The molecule has 0 radical (unpaired) electrons. The van der Waals surface area contributed by atoms with Crippen molar-refractivity contribution in [3.63, 3.8) is 0 Å². The lowest BCUT2D eigenvalue weighted by molar-refractivity contribution is -0.142. The standard InChI is InChI=1S/C75H104ClN7O18S2/c1-11-42(4)67(64(92)32-46(17-24-65(77)93)68(96)74(5,6)7)81-72(100)50(27-43-12-19-51(84)20-13-43)34-62(90)57-39-102-103-40-58(80-70(98)47(18-25-66(94)95)33-61(89)56(82-75(8,9)10)30-44-14-21-52(85)22-15-44)73(101)83-38-54(87)36-59(83)63(91)35-49(28-45-16-23-60(88)55(76)29-45)69(97)78-37-53(86)31-48(26-41(2)3)71(99)79-57/h12-16,19-23,29,41-42,46-50,54,56-59,67,82,84-85,87-88H,11,17-18,24-28,30-40H2,1-10H3,(H2,77,93)(H,78,97)(H,79,99)(H,80,98)(H,81,100)(H,94,95)/t42?,46-,47+,48-,49-,50-,54-,56+,57+,58+,59-,67+/m1/s1. The molecule has 2 aliphatic rings. The molecule has 25 nitrogen and oxygen atoms in total. The van der Waals surface area contributed by atoms with Crippen molar-refractivity contribution in [2.24, 2.45) is 52.6 Å². The van der Waals surface area contributed by atoms with Crippen molar-refractivity contribution in [2.75, 3.05) is 24.6 Å². The highest BCUT2D eigenvalue weighted by atomic mass is 35.5. The van der Waals surface area contributed by atoms with Crippen LogP contribution in [0.2, 0.25) is 5.02 Å². The van der Waals surface area contributed by atoms with Gasteiger partial charge in [-0.25, -0.2) is 0 Å². The number of nitrogens with two attached hydrogens (primary N) is 1. The number of aromatic hydroxyl groups is 3. The molecule has 5 rings (SSSR count). The Morgan fingerprint density at radius 2 is 1.31 bits per heavy atom. The fourth-order valence-corrected chi connectivity index (χ4v) is 15.3. The minimum Gasteiger partial charge on any atom is -0.508 e. The highest BCUT2D eigenvalue weighted by molar-refractivity contribution is 8.76. The molecule has 566 valence electrons. The summed E-state index contributed by atoms with van der Waals surface area (Å²) in [6, 6.07) is 9.54. The lowest BCUT2D eigenvalue weighted by Gasteiger charge is -2.31. The Labute approximate surface area is 615 Å². The second kappa shape index (κ2) is 40.0. The van der Waals surface area contributed by atoms with E-state index >= 15 is 14.4 Å². The van der Waals surface area contributed by atoms with Crippen LogP contribution < -0.4 is 32.3 Å². The normalized spacial score (nSPS) is 21.0. The summed E-state index contributed by atoms with van der Waals surface area (Å²) in [5, 5.41) is 66.1. The molecule has 3 aromatic carbocycles. The molecule has 0 aliphatic carbocycles. The molecule has 2 saturated heterocycles. The third-order valence-corrected chi connectivity index (χ3v) is 21.2. The van der Waals surface area contributed by atoms with Gasteiger partial charge in [-0.2, -0.15) is 0 Å². The molecule has 103 heavy (non-hydrogen) atoms. The van der Waals surface area contributed by atoms with Crippen LogP contribution in [0.4, 0.5) is 0 Å². The Morgan fingerprint density at radius 3 is 1.88 bits per heavy atom. The minimum atomic E-state index is -1.62. The van der Waals surface area contributed by atoms with E-state index in [2.05, 4.69) is 26.6 Å². The van der Waals surface area contributed by atoms with Gasteiger partial charge in [0.15, 0.2) is 28.9 Å². The number of carboxylic acid groups (broad SMARTS) is 1. The largest absolute Gasteiger partial charge is 0.508 e. The Hall–Kier alpha value is -7.72. The van der Waals surface area contributed by atoms with Crippen LogP contribution in [0, 0.1) is 46.8 Å². The molecule has 0 aromatic heterocycles. The van der Waals surface area contributed by atoms with Crippen LogP contribution in [0.15, 0.2) is 66.7 Å². The van der Waals surface area contributed by atoms with Crippen LogP contribution in [-0.2, 0) is 81.6 Å². The van der Waals surface area contributed by atoms with Gasteiger partial charge in [0.05, 0.1) is 41.8 Å². The maximum absolute atomic E-state index is 15.4. The number of Topliss-reactive ketones (excluding diaryl/α,β-unsaturated/α-hetero) is 6. The number of aliphatic carboxylic acids is 1. The molecule has 1 unspecified atom stereocenters. The number of aliphatic hydroxyl groups is 1. The lowest BCUT2D eigenvalue weighted by atomic mass is 9.77. The number of primary amides is 1. The van der Waals surface area contributed by atoms with Crippen LogP contribution in [-0.4, -0.2) is 173 Å². The first-order chi connectivity index (χ1) is 48.2. The first-order valence-electron chi connectivity index (χ1n) is 35.1. The van der Waals surface area contributed by atoms with Gasteiger partial charge in [-0.15, -0.1) is 0 Å². The Kier molecular flexibility index (Phi) is 33.3. The molecule has 0 saturated carbocycles. The predicted molar refractivity (Wildman–Crippen MR) is 391 cm³/mol. The number of ketones is 6. The van der Waals surface area contributed by atoms with Gasteiger partial charge in [0.1, 0.15) is 29.1 Å². The number of nitrogens with zero attached hydrogens (tertiary/aromatic N) is 1. The first kappa shape index (κ1) is 85.9. The number of aliphatic hydroxyl groups excluding tert-OH is 1. The number of fused-ring (bicyclic) bond motifs is 1. The summed E-state index contributed by atoms with van der Waals surface area (Å²) < 4.78 is 0. The van der Waals surface area contributed by atoms with Gasteiger partial charge in [-0.1, -0.05) is 118 Å². The van der Waals surface area contributed by atoms with E-state index in [9.17, 15) is 73.5 Å². The highest BCUT2D eigenvalue weighted by Crippen LogP contribution is 2.33. The zero-order valence-electron chi connectivity index (χ0n) is 60.6. The van der Waals surface area contributed by atoms with Crippen molar-refractivity contribution in [1.82, 2.24) is 31.5 Å². The lowest BCUT2D eigenvalue weighted by Crippen LogP contribution is -2.54. The van der Waals surface area contributed by atoms with Crippen LogP contribution in [0.25, 0.3) is 0 Å². The van der Waals surface area contributed by atoms with Gasteiger partial charge in [0, 0.05) is 110 Å². The zero-order chi connectivity index (χ0) is 76.8. The Bertz CT molecular complexity index is 3510. The van der Waals surface area contributed by atoms with Crippen LogP contribution in [0.5, 0.6) is 17.2 Å². The molecule has 12 N–H and O–H groups in total. The number of nitrogens with one attached hydrogen (secondary N) is 5. The van der Waals surface area contributed by atoms with Crippen molar-refractivity contribution < 1.29 is 87.9 Å². The van der Waals surface area contributed by atoms with Crippen molar-refractivity contribution >= 4 is 109 Å². The fraction of sp³-hybridized carbons (Fsp3) is 0.587. The van der Waals surface area contributed by atoms with Gasteiger partial charge in [0.2, 0.25) is 35.4 Å². The monoisotopic (exact) mass is 1490 g/mol. The van der Waals surface area contributed by atoms with Gasteiger partial charge in [-0.05, 0) is 124 Å². The molecular weight excluding hydrogens is 1390 g/mol. The topological polar surface area (TPSA) is 412 Å². The second-order valence-electron chi connectivity index (χ2n) is 29.9. The summed E-state index contributed by atoms with van der Waals surface area (Å²) in [6.07, 6.45) is -4.93. The number of carboxylic acids is 1. The Balaban J connectivity index is 1.61. The van der Waals surface area contributed by atoms with Gasteiger partial charge in [-0.3, -0.25) is 62.3 Å². The van der Waals surface area contributed by atoms with E-state index in [0.29, 0.717) is 23.1 Å². The van der Waals surface area contributed by atoms with Gasteiger partial charge >= 0.3 is 5.97 Å². The fourth-order valence-electron chi connectivity index (χ4n) is 12.8. The number of carbonyl (C=O) groups is 13. The average Bonchev–Trinajstić information content (AvgIpc) is 1.48. The van der Waals surface area contributed by atoms with Crippen LogP contribution >= 0.6 is 33.2 Å². The smallest absolute Gasteiger partial charge is 0.303 e. The van der Waals surface area contributed by atoms with E-state index in [-0.39, 0.29) is 103 Å². The molecule has 6 amide bonds. The minimum absolute atomic E-state index is 0.0105. The highest BCUT2D eigenvalue weighted by Gasteiger charge is 2.44. The predicted octanol–water partition coefficient (Wildman–Crippen LogP) is 6.88. The molecule has 3 aromatic rings. The molecule has 0 bridgehead atoms. The van der Waals surface area contributed by atoms with E-state index in [0.717, 1.165) is 26.5 Å². The van der Waals surface area contributed by atoms with E-state index < -0.39 is 198 Å². The zero-order valence-corrected chi connectivity index (χ0v) is 62.9. The number of hydrogen-bond donors (Lipinski definition) is 11. The SMILES string of the molecule is CCC(C)[C@H](NC(=O)[C@@H](CC(=O)[C@@H]1CSSC[C@H](NC(=O)[C@@H](CCC(=O)O)CC(=O)[C@H](Cc2ccc(O)cc2)NC(C)(C)C)C(=O)N2C[C@H](O)C[C@@H]2C(=O)C[C@@H](Cc2ccc(O)c(Cl)c2)C(=O)NCC(=O)C[C@@H](CC(C)C)C(=O)N1)Cc1ccc(O)cc1)C(=O)C[C@@H](CCC(N)=O)C(=O)C(C)(C)C. The number of phenols is 3. The third-order valence-electron chi connectivity index (χ3n) is 18.5. The number of amides is 6. The van der Waals surface area contributed by atoms with Crippen molar-refractivity contribution in [3.05, 3.63) is 88.4 Å². The van der Waals surface area contributed by atoms with E-state index in [4.69, 9.17) is 17.3 Å². The number of halogens is 1. The number of benzene rings is 3. The third kappa shape index (κ3) is 28.4.